The first kappa shape index (κ1) is 10.7. The molecular formula is C4H7NO6S. The summed E-state index contributed by atoms with van der Waals surface area (Å²) in [6.45, 7) is -1.08. The number of hydrogen-bond donors (Lipinski definition) is 2. The van der Waals surface area contributed by atoms with Gasteiger partial charge in [-0.15, -0.1) is 0 Å². The SMILES string of the molecule is CS(=O)(=O)N(CC(=O)O)C(=O)O. The molecule has 70 valence electrons. The van der Waals surface area contributed by atoms with Crippen molar-refractivity contribution in [2.24, 2.45) is 0 Å². The Balaban J connectivity index is 4.70. The van der Waals surface area contributed by atoms with Gasteiger partial charge in [0.1, 0.15) is 6.54 Å². The zero-order valence-corrected chi connectivity index (χ0v) is 6.91. The van der Waals surface area contributed by atoms with Gasteiger partial charge >= 0.3 is 12.1 Å². The average molecular weight is 197 g/mol. The van der Waals surface area contributed by atoms with Gasteiger partial charge in [0.05, 0.1) is 6.26 Å². The standard InChI is InChI=1S/C4H7NO6S/c1-12(10,11)5(4(8)9)2-3(6)7/h2H2,1H3,(H,6,7)(H,8,9). The van der Waals surface area contributed by atoms with Crippen LogP contribution in [0.15, 0.2) is 0 Å². The van der Waals surface area contributed by atoms with E-state index in [1.165, 1.54) is 0 Å². The second-order valence-electron chi connectivity index (χ2n) is 1.95. The Bertz CT molecular complexity index is 293. The molecule has 0 bridgehead atoms. The predicted molar refractivity (Wildman–Crippen MR) is 37.2 cm³/mol. The molecule has 1 amide bonds. The minimum atomic E-state index is -4.01. The van der Waals surface area contributed by atoms with E-state index in [1.807, 2.05) is 0 Å². The zero-order chi connectivity index (χ0) is 9.94. The number of amides is 1. The van der Waals surface area contributed by atoms with E-state index in [0.29, 0.717) is 6.26 Å². The normalized spacial score (nSPS) is 10.8. The minimum absolute atomic E-state index is 0.157. The second kappa shape index (κ2) is 3.39. The number of carboxylic acids is 1. The number of hydrogen-bond acceptors (Lipinski definition) is 4. The molecule has 0 saturated carbocycles. The molecule has 0 radical (unpaired) electrons. The van der Waals surface area contributed by atoms with Crippen molar-refractivity contribution in [1.29, 1.82) is 0 Å². The third kappa shape index (κ3) is 3.19. The van der Waals surface area contributed by atoms with Gasteiger partial charge in [-0.1, -0.05) is 0 Å². The maximum atomic E-state index is 10.6. The van der Waals surface area contributed by atoms with Crippen LogP contribution in [0.5, 0.6) is 0 Å². The molecule has 0 saturated heterocycles. The Labute approximate surface area is 68.3 Å². The molecule has 0 aliphatic carbocycles. The first-order valence-electron chi connectivity index (χ1n) is 2.67. The summed E-state index contributed by atoms with van der Waals surface area (Å²) in [6, 6.07) is 0. The Morgan fingerprint density at radius 3 is 1.83 bits per heavy atom. The van der Waals surface area contributed by atoms with Crippen LogP contribution in [-0.2, 0) is 14.8 Å². The summed E-state index contributed by atoms with van der Waals surface area (Å²) in [4.78, 5) is 20.2. The Kier molecular flexibility index (Phi) is 3.02. The lowest BCUT2D eigenvalue weighted by atomic mass is 10.7. The van der Waals surface area contributed by atoms with Crippen molar-refractivity contribution in [2.45, 2.75) is 0 Å². The molecule has 0 aromatic heterocycles. The fourth-order valence-corrected chi connectivity index (χ4v) is 1.08. The summed E-state index contributed by atoms with van der Waals surface area (Å²) in [5.41, 5.74) is 0. The molecule has 2 N–H and O–H groups in total. The summed E-state index contributed by atoms with van der Waals surface area (Å²) in [5.74, 6) is -1.53. The topological polar surface area (TPSA) is 112 Å². The van der Waals surface area contributed by atoms with Crippen LogP contribution in [-0.4, -0.2) is 47.8 Å². The van der Waals surface area contributed by atoms with Crippen LogP contribution in [0.4, 0.5) is 4.79 Å². The first-order valence-corrected chi connectivity index (χ1v) is 4.52. The molecule has 0 fully saturated rings. The number of carbonyl (C=O) groups is 2. The highest BCUT2D eigenvalue weighted by Gasteiger charge is 2.24. The largest absolute Gasteiger partial charge is 0.480 e. The number of sulfonamides is 1. The quantitative estimate of drug-likeness (QED) is 0.600. The van der Waals surface area contributed by atoms with E-state index in [9.17, 15) is 18.0 Å². The van der Waals surface area contributed by atoms with Gasteiger partial charge in [-0.3, -0.25) is 4.79 Å². The molecule has 0 aliphatic heterocycles. The van der Waals surface area contributed by atoms with E-state index in [0.717, 1.165) is 0 Å². The second-order valence-corrected chi connectivity index (χ2v) is 3.85. The van der Waals surface area contributed by atoms with Gasteiger partial charge in [0, 0.05) is 0 Å². The summed E-state index contributed by atoms with van der Waals surface area (Å²) in [5, 5.41) is 16.4. The van der Waals surface area contributed by atoms with Crippen molar-refractivity contribution in [3.8, 4) is 0 Å². The van der Waals surface area contributed by atoms with Crippen LogP contribution in [0.25, 0.3) is 0 Å². The number of rotatable bonds is 3. The molecule has 0 aromatic rings. The summed E-state index contributed by atoms with van der Waals surface area (Å²) < 4.78 is 21.0. The summed E-state index contributed by atoms with van der Waals surface area (Å²) >= 11 is 0. The van der Waals surface area contributed by atoms with Gasteiger partial charge in [0.15, 0.2) is 0 Å². The lowest BCUT2D eigenvalue weighted by molar-refractivity contribution is -0.137. The fraction of sp³-hybridized carbons (Fsp3) is 0.500. The van der Waals surface area contributed by atoms with Crippen LogP contribution in [0.2, 0.25) is 0 Å². The van der Waals surface area contributed by atoms with Gasteiger partial charge in [-0.25, -0.2) is 13.2 Å². The third-order valence-electron chi connectivity index (χ3n) is 0.893. The van der Waals surface area contributed by atoms with E-state index >= 15 is 0 Å². The van der Waals surface area contributed by atoms with Crippen molar-refractivity contribution in [1.82, 2.24) is 4.31 Å². The highest BCUT2D eigenvalue weighted by Crippen LogP contribution is 1.97. The molecule has 0 aliphatic rings. The molecule has 0 rings (SSSR count). The van der Waals surface area contributed by atoms with Crippen molar-refractivity contribution in [3.63, 3.8) is 0 Å². The van der Waals surface area contributed by atoms with Crippen LogP contribution < -0.4 is 0 Å². The van der Waals surface area contributed by atoms with Gasteiger partial charge in [-0.05, 0) is 0 Å². The van der Waals surface area contributed by atoms with Crippen LogP contribution in [0.3, 0.4) is 0 Å². The highest BCUT2D eigenvalue weighted by atomic mass is 32.2. The maximum Gasteiger partial charge on any atom is 0.421 e. The van der Waals surface area contributed by atoms with Gasteiger partial charge < -0.3 is 10.2 Å². The summed E-state index contributed by atoms with van der Waals surface area (Å²) in [7, 11) is -4.01. The van der Waals surface area contributed by atoms with E-state index < -0.39 is 28.6 Å². The molecule has 0 unspecified atom stereocenters. The average Bonchev–Trinajstić information content (AvgIpc) is 1.79. The molecular weight excluding hydrogens is 190 g/mol. The van der Waals surface area contributed by atoms with Gasteiger partial charge in [0.2, 0.25) is 10.0 Å². The van der Waals surface area contributed by atoms with Gasteiger partial charge in [0.25, 0.3) is 0 Å². The van der Waals surface area contributed by atoms with Crippen molar-refractivity contribution in [3.05, 3.63) is 0 Å². The Morgan fingerprint density at radius 1 is 1.33 bits per heavy atom. The maximum absolute atomic E-state index is 10.6. The Hall–Kier alpha value is -1.31. The summed E-state index contributed by atoms with van der Waals surface area (Å²) in [6.07, 6.45) is -1.19. The van der Waals surface area contributed by atoms with Crippen LogP contribution in [0, 0.1) is 0 Å². The molecule has 0 aromatic carbocycles. The predicted octanol–water partition coefficient (Wildman–Crippen LogP) is -0.989. The van der Waals surface area contributed by atoms with Crippen LogP contribution in [0.1, 0.15) is 0 Å². The van der Waals surface area contributed by atoms with E-state index in [4.69, 9.17) is 10.2 Å². The number of carboxylic acid groups (broad SMARTS) is 2. The van der Waals surface area contributed by atoms with Crippen LogP contribution >= 0.6 is 0 Å². The lowest BCUT2D eigenvalue weighted by Crippen LogP contribution is -2.38. The minimum Gasteiger partial charge on any atom is -0.480 e. The van der Waals surface area contributed by atoms with Gasteiger partial charge in [-0.2, -0.15) is 4.31 Å². The van der Waals surface area contributed by atoms with E-state index in [2.05, 4.69) is 0 Å². The highest BCUT2D eigenvalue weighted by molar-refractivity contribution is 7.88. The number of nitrogens with zero attached hydrogens (tertiary/aromatic N) is 1. The first-order chi connectivity index (χ1) is 5.25. The molecule has 0 atom stereocenters. The molecule has 8 heteroatoms. The van der Waals surface area contributed by atoms with E-state index in [-0.39, 0.29) is 4.31 Å². The Morgan fingerprint density at radius 2 is 1.75 bits per heavy atom. The molecule has 0 spiro atoms. The molecule has 0 heterocycles. The zero-order valence-electron chi connectivity index (χ0n) is 6.09. The van der Waals surface area contributed by atoms with Crippen molar-refractivity contribution in [2.75, 3.05) is 12.8 Å². The van der Waals surface area contributed by atoms with E-state index in [1.54, 1.807) is 0 Å². The number of aliphatic carboxylic acids is 1. The third-order valence-corrected chi connectivity index (χ3v) is 1.98. The fourth-order valence-electron chi connectivity index (χ4n) is 0.450. The van der Waals surface area contributed by atoms with Crippen molar-refractivity contribution < 1.29 is 28.2 Å². The monoisotopic (exact) mass is 197 g/mol. The molecule has 7 nitrogen and oxygen atoms in total. The van der Waals surface area contributed by atoms with Crippen molar-refractivity contribution >= 4 is 22.1 Å². The lowest BCUT2D eigenvalue weighted by Gasteiger charge is -2.12. The molecule has 12 heavy (non-hydrogen) atoms. The smallest absolute Gasteiger partial charge is 0.421 e.